The number of aliphatic hydroxyl groups is 1. The third-order valence-electron chi connectivity index (χ3n) is 2.65. The average Bonchev–Trinajstić information content (AvgIpc) is 2.65. The Hall–Kier alpha value is -0.910. The summed E-state index contributed by atoms with van der Waals surface area (Å²) in [5, 5.41) is 20.0. The fourth-order valence-electron chi connectivity index (χ4n) is 1.76. The number of rotatable bonds is 6. The molecule has 0 bridgehead atoms. The van der Waals surface area contributed by atoms with Gasteiger partial charge in [0, 0.05) is 23.7 Å². The van der Waals surface area contributed by atoms with Gasteiger partial charge in [0.25, 0.3) is 0 Å². The van der Waals surface area contributed by atoms with Gasteiger partial charge in [0.2, 0.25) is 0 Å². The van der Waals surface area contributed by atoms with E-state index < -0.39 is 0 Å². The summed E-state index contributed by atoms with van der Waals surface area (Å²) in [5.74, 6) is 0.145. The van der Waals surface area contributed by atoms with Crippen LogP contribution in [0, 0.1) is 11.3 Å². The maximum absolute atomic E-state index is 9.12. The highest BCUT2D eigenvalue weighted by molar-refractivity contribution is 5.92. The number of allylic oxidation sites excluding steroid dienone is 2. The van der Waals surface area contributed by atoms with Crippen molar-refractivity contribution in [2.24, 2.45) is 11.7 Å². The van der Waals surface area contributed by atoms with Crippen molar-refractivity contribution in [3.63, 3.8) is 0 Å². The molecule has 5 nitrogen and oxygen atoms in total. The Morgan fingerprint density at radius 2 is 2.38 bits per heavy atom. The molecule has 0 aromatic carbocycles. The molecular formula is C11H21N3O2. The van der Waals surface area contributed by atoms with Gasteiger partial charge in [0.15, 0.2) is 0 Å². The molecule has 92 valence electrons. The van der Waals surface area contributed by atoms with Crippen LogP contribution in [-0.2, 0) is 4.74 Å². The highest BCUT2D eigenvalue weighted by atomic mass is 16.5. The predicted molar refractivity (Wildman–Crippen MR) is 63.5 cm³/mol. The van der Waals surface area contributed by atoms with Gasteiger partial charge in [-0.2, -0.15) is 0 Å². The number of ether oxygens (including phenoxy) is 1. The summed E-state index contributed by atoms with van der Waals surface area (Å²) in [6.07, 6.45) is 2.36. The summed E-state index contributed by atoms with van der Waals surface area (Å²) >= 11 is 0. The molecule has 0 radical (unpaired) electrons. The van der Waals surface area contributed by atoms with Gasteiger partial charge in [-0.25, -0.2) is 0 Å². The number of hydrogen-bond donors (Lipinski definition) is 4. The zero-order chi connectivity index (χ0) is 12.0. The molecule has 2 atom stereocenters. The fraction of sp³-hybridized carbons (Fsp3) is 0.727. The Morgan fingerprint density at radius 1 is 1.62 bits per heavy atom. The van der Waals surface area contributed by atoms with E-state index in [1.54, 1.807) is 6.08 Å². The molecule has 1 aliphatic heterocycles. The minimum atomic E-state index is 0.130. The van der Waals surface area contributed by atoms with Crippen LogP contribution in [0.5, 0.6) is 0 Å². The van der Waals surface area contributed by atoms with Gasteiger partial charge in [0.05, 0.1) is 25.9 Å². The second kappa shape index (κ2) is 6.62. The molecule has 1 heterocycles. The van der Waals surface area contributed by atoms with Crippen LogP contribution in [0.25, 0.3) is 0 Å². The van der Waals surface area contributed by atoms with Crippen LogP contribution in [0.15, 0.2) is 11.8 Å². The minimum Gasteiger partial charge on any atom is -0.396 e. The van der Waals surface area contributed by atoms with Crippen LogP contribution in [-0.4, -0.2) is 43.2 Å². The molecule has 5 N–H and O–H groups in total. The average molecular weight is 227 g/mol. The summed E-state index contributed by atoms with van der Waals surface area (Å²) in [4.78, 5) is 0. The second-order valence-corrected chi connectivity index (χ2v) is 4.12. The summed E-state index contributed by atoms with van der Waals surface area (Å²) in [6.45, 7) is 3.75. The van der Waals surface area contributed by atoms with Gasteiger partial charge >= 0.3 is 0 Å². The van der Waals surface area contributed by atoms with Gasteiger partial charge in [-0.1, -0.05) is 0 Å². The van der Waals surface area contributed by atoms with Gasteiger partial charge < -0.3 is 26.3 Å². The largest absolute Gasteiger partial charge is 0.396 e. The Balaban J connectivity index is 2.43. The van der Waals surface area contributed by atoms with E-state index in [2.05, 4.69) is 5.32 Å². The molecule has 2 unspecified atom stereocenters. The normalized spacial score (nSPS) is 25.8. The fourth-order valence-corrected chi connectivity index (χ4v) is 1.76. The van der Waals surface area contributed by atoms with Gasteiger partial charge in [-0.15, -0.1) is 0 Å². The van der Waals surface area contributed by atoms with Crippen molar-refractivity contribution < 1.29 is 9.84 Å². The quantitative estimate of drug-likeness (QED) is 0.475. The second-order valence-electron chi connectivity index (χ2n) is 4.12. The first kappa shape index (κ1) is 13.2. The van der Waals surface area contributed by atoms with Crippen LogP contribution in [0.3, 0.4) is 0 Å². The highest BCUT2D eigenvalue weighted by Crippen LogP contribution is 2.13. The van der Waals surface area contributed by atoms with E-state index in [1.807, 2.05) is 6.92 Å². The first-order chi connectivity index (χ1) is 7.67. The third kappa shape index (κ3) is 3.92. The van der Waals surface area contributed by atoms with Crippen molar-refractivity contribution in [1.82, 2.24) is 5.32 Å². The van der Waals surface area contributed by atoms with Crippen molar-refractivity contribution in [3.05, 3.63) is 11.8 Å². The molecule has 1 fully saturated rings. The maximum Gasteiger partial charge on any atom is 0.0672 e. The SMILES string of the molecule is C/C(=C/C(=N)CCN)NC1COCC1CO. The van der Waals surface area contributed by atoms with Crippen molar-refractivity contribution in [2.75, 3.05) is 26.4 Å². The van der Waals surface area contributed by atoms with E-state index in [1.165, 1.54) is 0 Å². The van der Waals surface area contributed by atoms with E-state index in [4.69, 9.17) is 21.0 Å². The first-order valence-corrected chi connectivity index (χ1v) is 5.58. The van der Waals surface area contributed by atoms with Crippen LogP contribution in [0.1, 0.15) is 13.3 Å². The van der Waals surface area contributed by atoms with Gasteiger partial charge in [-0.3, -0.25) is 0 Å². The molecular weight excluding hydrogens is 206 g/mol. The number of hydrogen-bond acceptors (Lipinski definition) is 5. The molecule has 0 saturated carbocycles. The Morgan fingerprint density at radius 3 is 3.00 bits per heavy atom. The Kier molecular flexibility index (Phi) is 5.45. The van der Waals surface area contributed by atoms with Crippen LogP contribution in [0.2, 0.25) is 0 Å². The molecule has 1 saturated heterocycles. The minimum absolute atomic E-state index is 0.130. The van der Waals surface area contributed by atoms with E-state index >= 15 is 0 Å². The number of nitrogens with two attached hydrogens (primary N) is 1. The van der Waals surface area contributed by atoms with E-state index in [9.17, 15) is 0 Å². The molecule has 1 rings (SSSR count). The van der Waals surface area contributed by atoms with Crippen molar-refractivity contribution in [2.45, 2.75) is 19.4 Å². The standard InChI is InChI=1S/C11H21N3O2/c1-8(4-10(13)2-3-12)14-11-7-16-6-9(11)5-15/h4,9,11,13-15H,2-3,5-7,12H2,1H3/b8-4-,13-10?. The van der Waals surface area contributed by atoms with Gasteiger partial charge in [-0.05, 0) is 19.5 Å². The van der Waals surface area contributed by atoms with Crippen molar-refractivity contribution >= 4 is 5.71 Å². The molecule has 0 aromatic heterocycles. The maximum atomic E-state index is 9.12. The predicted octanol–water partition coefficient (Wildman–Crippen LogP) is -0.144. The first-order valence-electron chi connectivity index (χ1n) is 5.58. The van der Waals surface area contributed by atoms with Crippen molar-refractivity contribution in [3.8, 4) is 0 Å². The van der Waals surface area contributed by atoms with E-state index in [-0.39, 0.29) is 18.6 Å². The molecule has 0 amide bonds. The number of nitrogens with one attached hydrogen (secondary N) is 2. The summed E-state index contributed by atoms with van der Waals surface area (Å²) in [7, 11) is 0. The van der Waals surface area contributed by atoms with Crippen LogP contribution >= 0.6 is 0 Å². The zero-order valence-corrected chi connectivity index (χ0v) is 9.70. The highest BCUT2D eigenvalue weighted by Gasteiger charge is 2.27. The lowest BCUT2D eigenvalue weighted by molar-refractivity contribution is 0.160. The molecule has 1 aliphatic rings. The van der Waals surface area contributed by atoms with Gasteiger partial charge in [0.1, 0.15) is 0 Å². The molecule has 0 aliphatic carbocycles. The summed E-state index contributed by atoms with van der Waals surface area (Å²) in [6, 6.07) is 0.145. The third-order valence-corrected chi connectivity index (χ3v) is 2.65. The lowest BCUT2D eigenvalue weighted by atomic mass is 10.0. The van der Waals surface area contributed by atoms with Crippen molar-refractivity contribution in [1.29, 1.82) is 5.41 Å². The smallest absolute Gasteiger partial charge is 0.0672 e. The van der Waals surface area contributed by atoms with E-state index in [0.29, 0.717) is 31.9 Å². The Labute approximate surface area is 96.2 Å². The lowest BCUT2D eigenvalue weighted by Crippen LogP contribution is -2.36. The van der Waals surface area contributed by atoms with Crippen LogP contribution < -0.4 is 11.1 Å². The summed E-state index contributed by atoms with van der Waals surface area (Å²) < 4.78 is 5.29. The van der Waals surface area contributed by atoms with Crippen LogP contribution in [0.4, 0.5) is 0 Å². The monoisotopic (exact) mass is 227 g/mol. The Bertz CT molecular complexity index is 266. The number of aliphatic hydroxyl groups excluding tert-OH is 1. The molecule has 0 aromatic rings. The molecule has 0 spiro atoms. The van der Waals surface area contributed by atoms with E-state index in [0.717, 1.165) is 5.70 Å². The summed E-state index contributed by atoms with van der Waals surface area (Å²) in [5.41, 5.74) is 6.81. The lowest BCUT2D eigenvalue weighted by Gasteiger charge is -2.18. The zero-order valence-electron chi connectivity index (χ0n) is 9.70. The molecule has 5 heteroatoms. The topological polar surface area (TPSA) is 91.4 Å². The molecule has 16 heavy (non-hydrogen) atoms.